The Balaban J connectivity index is 1.55. The van der Waals surface area contributed by atoms with Crippen molar-refractivity contribution < 1.29 is 18.3 Å². The summed E-state index contributed by atoms with van der Waals surface area (Å²) >= 11 is 6.95. The van der Waals surface area contributed by atoms with Crippen molar-refractivity contribution in [2.75, 3.05) is 12.0 Å². The van der Waals surface area contributed by atoms with Crippen molar-refractivity contribution in [1.29, 1.82) is 0 Å². The average Bonchev–Trinajstić information content (AvgIpc) is 3.08. The number of ether oxygens (including phenoxy) is 2. The van der Waals surface area contributed by atoms with Gasteiger partial charge in [-0.05, 0) is 52.6 Å². The van der Waals surface area contributed by atoms with E-state index >= 15 is 4.39 Å². The standard InChI is InChI=1S/C38H33ClFN3O3Si/c1-38(2,3)47-46-34-23-31(37(40)35(36(34)39)26-11-7-5-8-12-26)43(27-13-9-6-10-14-27)30-17-20-42-29-22-33(32(44-4)21-28(29)30)45-24-25-15-18-41-19-16-25/h5-23H,24H2,1-4H3. The predicted molar refractivity (Wildman–Crippen MR) is 188 cm³/mol. The summed E-state index contributed by atoms with van der Waals surface area (Å²) in [6, 6.07) is 30.0. The maximum absolute atomic E-state index is 17.1. The molecule has 2 radical (unpaired) electrons. The number of benzene rings is 4. The third-order valence-electron chi connectivity index (χ3n) is 7.32. The lowest BCUT2D eigenvalue weighted by Gasteiger charge is -2.29. The van der Waals surface area contributed by atoms with Gasteiger partial charge in [-0.2, -0.15) is 0 Å². The molecule has 4 aromatic carbocycles. The van der Waals surface area contributed by atoms with E-state index in [1.807, 2.05) is 95.9 Å². The van der Waals surface area contributed by atoms with E-state index in [1.54, 1.807) is 31.8 Å². The fraction of sp³-hybridized carbons (Fsp3) is 0.158. The minimum absolute atomic E-state index is 0.0901. The topological polar surface area (TPSA) is 56.7 Å². The molecule has 0 saturated heterocycles. The Bertz CT molecular complexity index is 1990. The highest BCUT2D eigenvalue weighted by Crippen LogP contribution is 2.48. The molecule has 0 unspecified atom stereocenters. The summed E-state index contributed by atoms with van der Waals surface area (Å²) in [4.78, 5) is 10.6. The first-order valence-corrected chi connectivity index (χ1v) is 16.4. The van der Waals surface area contributed by atoms with Crippen molar-refractivity contribution in [3.05, 3.63) is 132 Å². The minimum atomic E-state index is -0.481. The van der Waals surface area contributed by atoms with Gasteiger partial charge in [-0.15, -0.1) is 0 Å². The summed E-state index contributed by atoms with van der Waals surface area (Å²) in [5.74, 6) is 0.978. The number of hydrogen-bond acceptors (Lipinski definition) is 6. The summed E-state index contributed by atoms with van der Waals surface area (Å²) in [6.07, 6.45) is 5.15. The molecule has 47 heavy (non-hydrogen) atoms. The van der Waals surface area contributed by atoms with Crippen LogP contribution in [0.15, 0.2) is 116 Å². The van der Waals surface area contributed by atoms with Crippen LogP contribution in [-0.2, 0) is 6.61 Å². The molecule has 0 amide bonds. The van der Waals surface area contributed by atoms with Crippen molar-refractivity contribution in [1.82, 2.24) is 9.97 Å². The molecule has 0 aliphatic heterocycles. The molecule has 236 valence electrons. The number of hydrogen-bond donors (Lipinski definition) is 0. The van der Waals surface area contributed by atoms with Gasteiger partial charge in [0.15, 0.2) is 17.3 Å². The molecule has 0 saturated carbocycles. The second-order valence-electron chi connectivity index (χ2n) is 11.9. The van der Waals surface area contributed by atoms with Crippen LogP contribution in [0.5, 0.6) is 17.2 Å². The molecule has 0 spiro atoms. The SMILES string of the molecule is COc1cc2c(N(c3ccccc3)c3cc(O[Si]C(C)(C)C)c(Cl)c(-c4ccccc4)c3F)ccnc2cc1OCc1ccncc1. The van der Waals surface area contributed by atoms with Crippen LogP contribution in [0.1, 0.15) is 26.3 Å². The summed E-state index contributed by atoms with van der Waals surface area (Å²) < 4.78 is 35.4. The summed E-state index contributed by atoms with van der Waals surface area (Å²) in [6.45, 7) is 6.59. The number of halogens is 2. The van der Waals surface area contributed by atoms with Crippen molar-refractivity contribution in [3.63, 3.8) is 0 Å². The second kappa shape index (κ2) is 13.8. The predicted octanol–water partition coefficient (Wildman–Crippen LogP) is 10.4. The van der Waals surface area contributed by atoms with E-state index in [0.717, 1.165) is 16.6 Å². The first kappa shape index (κ1) is 32.0. The molecule has 6 rings (SSSR count). The lowest BCUT2D eigenvalue weighted by atomic mass is 10.0. The fourth-order valence-electron chi connectivity index (χ4n) is 5.13. The van der Waals surface area contributed by atoms with Gasteiger partial charge in [-0.1, -0.05) is 80.9 Å². The van der Waals surface area contributed by atoms with Gasteiger partial charge in [-0.3, -0.25) is 9.97 Å². The van der Waals surface area contributed by atoms with Crippen molar-refractivity contribution in [3.8, 4) is 28.4 Å². The zero-order valence-corrected chi connectivity index (χ0v) is 28.3. The van der Waals surface area contributed by atoms with Gasteiger partial charge in [0, 0.05) is 47.4 Å². The van der Waals surface area contributed by atoms with Gasteiger partial charge in [0.1, 0.15) is 12.4 Å². The molecule has 0 aliphatic carbocycles. The van der Waals surface area contributed by atoms with Crippen LogP contribution in [0.4, 0.5) is 21.5 Å². The van der Waals surface area contributed by atoms with E-state index in [2.05, 4.69) is 30.7 Å². The van der Waals surface area contributed by atoms with Crippen molar-refractivity contribution in [2.24, 2.45) is 0 Å². The van der Waals surface area contributed by atoms with Gasteiger partial charge >= 0.3 is 9.76 Å². The Morgan fingerprint density at radius 1 is 0.809 bits per heavy atom. The van der Waals surface area contributed by atoms with Crippen LogP contribution < -0.4 is 18.8 Å². The van der Waals surface area contributed by atoms with E-state index in [0.29, 0.717) is 40.6 Å². The summed E-state index contributed by atoms with van der Waals surface area (Å²) in [5.41, 5.74) is 4.23. The van der Waals surface area contributed by atoms with Gasteiger partial charge in [0.05, 0.1) is 29.0 Å². The van der Waals surface area contributed by atoms with E-state index in [-0.39, 0.29) is 31.1 Å². The molecule has 6 nitrogen and oxygen atoms in total. The van der Waals surface area contributed by atoms with Crippen LogP contribution >= 0.6 is 11.6 Å². The van der Waals surface area contributed by atoms with E-state index < -0.39 is 5.82 Å². The largest absolute Gasteiger partial charge is 0.539 e. The highest BCUT2D eigenvalue weighted by molar-refractivity contribution is 6.37. The van der Waals surface area contributed by atoms with Crippen LogP contribution in [0.2, 0.25) is 10.1 Å². The zero-order valence-electron chi connectivity index (χ0n) is 26.5. The van der Waals surface area contributed by atoms with Gasteiger partial charge in [-0.25, -0.2) is 4.39 Å². The molecular formula is C38H33ClFN3O3Si. The average molecular weight is 662 g/mol. The normalized spacial score (nSPS) is 11.4. The highest BCUT2D eigenvalue weighted by atomic mass is 35.5. The number of nitrogens with zero attached hydrogens (tertiary/aromatic N) is 3. The molecule has 9 heteroatoms. The summed E-state index contributed by atoms with van der Waals surface area (Å²) in [5, 5.41) is 0.831. The first-order chi connectivity index (χ1) is 22.7. The molecule has 0 fully saturated rings. The zero-order chi connectivity index (χ0) is 33.0. The molecule has 0 N–H and O–H groups in total. The number of aromatic nitrogens is 2. The smallest absolute Gasteiger partial charge is 0.316 e. The fourth-order valence-corrected chi connectivity index (χ4v) is 6.06. The van der Waals surface area contributed by atoms with Gasteiger partial charge in [0.2, 0.25) is 0 Å². The Kier molecular flexibility index (Phi) is 9.42. The first-order valence-electron chi connectivity index (χ1n) is 15.1. The third kappa shape index (κ3) is 7.09. The van der Waals surface area contributed by atoms with E-state index in [1.165, 1.54) is 0 Å². The van der Waals surface area contributed by atoms with E-state index in [9.17, 15) is 0 Å². The molecule has 0 bridgehead atoms. The van der Waals surface area contributed by atoms with Crippen LogP contribution in [0.3, 0.4) is 0 Å². The molecule has 0 atom stereocenters. The molecule has 2 heterocycles. The summed E-state index contributed by atoms with van der Waals surface area (Å²) in [7, 11) is 1.68. The maximum atomic E-state index is 17.1. The number of fused-ring (bicyclic) bond motifs is 1. The Labute approximate surface area is 281 Å². The Morgan fingerprint density at radius 3 is 2.19 bits per heavy atom. The number of methoxy groups -OCH3 is 1. The highest BCUT2D eigenvalue weighted by Gasteiger charge is 2.27. The Hall–Kier alpha value is -4.92. The van der Waals surface area contributed by atoms with Crippen molar-refractivity contribution in [2.45, 2.75) is 32.4 Å². The molecule has 2 aromatic heterocycles. The quantitative estimate of drug-likeness (QED) is 0.136. The van der Waals surface area contributed by atoms with Gasteiger partial charge < -0.3 is 18.8 Å². The lowest BCUT2D eigenvalue weighted by Crippen LogP contribution is -2.17. The molecule has 6 aromatic rings. The Morgan fingerprint density at radius 2 is 1.51 bits per heavy atom. The monoisotopic (exact) mass is 661 g/mol. The minimum Gasteiger partial charge on any atom is -0.539 e. The number of pyridine rings is 2. The number of para-hydroxylation sites is 1. The van der Waals surface area contributed by atoms with Gasteiger partial charge in [0.25, 0.3) is 0 Å². The third-order valence-corrected chi connectivity index (χ3v) is 8.63. The van der Waals surface area contributed by atoms with Crippen molar-refractivity contribution >= 4 is 49.3 Å². The van der Waals surface area contributed by atoms with E-state index in [4.69, 9.17) is 25.5 Å². The number of anilines is 3. The second-order valence-corrected chi connectivity index (χ2v) is 14.2. The molecule has 0 aliphatic rings. The molecular weight excluding hydrogens is 629 g/mol. The van der Waals surface area contributed by atoms with Crippen LogP contribution in [0, 0.1) is 5.82 Å². The maximum Gasteiger partial charge on any atom is 0.316 e. The van der Waals surface area contributed by atoms with Crippen LogP contribution in [-0.4, -0.2) is 26.8 Å². The lowest BCUT2D eigenvalue weighted by molar-refractivity contribution is 0.285. The van der Waals surface area contributed by atoms with Crippen LogP contribution in [0.25, 0.3) is 22.0 Å². The number of rotatable bonds is 10.